The third-order valence-electron chi connectivity index (χ3n) is 2.51. The molecule has 0 saturated carbocycles. The van der Waals surface area contributed by atoms with Gasteiger partial charge in [-0.2, -0.15) is 0 Å². The predicted molar refractivity (Wildman–Crippen MR) is 61.0 cm³/mol. The molecule has 1 atom stereocenters. The molecule has 0 amide bonds. The number of morpholine rings is 1. The van der Waals surface area contributed by atoms with E-state index in [1.54, 1.807) is 0 Å². The first-order valence-corrected chi connectivity index (χ1v) is 5.90. The second kappa shape index (κ2) is 5.20. The van der Waals surface area contributed by atoms with E-state index in [9.17, 15) is 13.6 Å². The van der Waals surface area contributed by atoms with Gasteiger partial charge in [-0.05, 0) is 28.1 Å². The zero-order valence-electron chi connectivity index (χ0n) is 8.80. The normalized spacial score (nSPS) is 20.3. The molecule has 2 rings (SSSR count). The van der Waals surface area contributed by atoms with Crippen LogP contribution < -0.4 is 5.32 Å². The smallest absolute Gasteiger partial charge is 0.198 e. The number of hydrogen-bond acceptors (Lipinski definition) is 3. The third kappa shape index (κ3) is 2.53. The molecule has 1 saturated heterocycles. The van der Waals surface area contributed by atoms with E-state index in [0.29, 0.717) is 13.2 Å². The summed E-state index contributed by atoms with van der Waals surface area (Å²) in [4.78, 5) is 11.9. The first kappa shape index (κ1) is 12.6. The van der Waals surface area contributed by atoms with Gasteiger partial charge in [0.1, 0.15) is 11.9 Å². The van der Waals surface area contributed by atoms with Gasteiger partial charge in [-0.3, -0.25) is 4.79 Å². The fourth-order valence-electron chi connectivity index (χ4n) is 1.65. The van der Waals surface area contributed by atoms with Crippen molar-refractivity contribution in [2.45, 2.75) is 6.10 Å². The number of nitrogens with one attached hydrogen (secondary N) is 1. The number of ketones is 1. The summed E-state index contributed by atoms with van der Waals surface area (Å²) < 4.78 is 32.4. The van der Waals surface area contributed by atoms with Crippen LogP contribution >= 0.6 is 15.9 Å². The lowest BCUT2D eigenvalue weighted by Gasteiger charge is -2.22. The minimum absolute atomic E-state index is 0.0611. The van der Waals surface area contributed by atoms with Gasteiger partial charge < -0.3 is 10.1 Å². The first-order chi connectivity index (χ1) is 8.11. The lowest BCUT2D eigenvalue weighted by atomic mass is 10.0. The second-order valence-corrected chi connectivity index (χ2v) is 4.50. The van der Waals surface area contributed by atoms with Gasteiger partial charge in [0.2, 0.25) is 0 Å². The van der Waals surface area contributed by atoms with Gasteiger partial charge in [-0.15, -0.1) is 0 Å². The largest absolute Gasteiger partial charge is 0.367 e. The summed E-state index contributed by atoms with van der Waals surface area (Å²) in [5.41, 5.74) is -0.548. The fraction of sp³-hybridized carbons (Fsp3) is 0.364. The van der Waals surface area contributed by atoms with Gasteiger partial charge in [0.05, 0.1) is 16.6 Å². The molecule has 1 fully saturated rings. The van der Waals surface area contributed by atoms with E-state index in [4.69, 9.17) is 4.74 Å². The van der Waals surface area contributed by atoms with Crippen molar-refractivity contribution in [2.75, 3.05) is 19.7 Å². The number of ether oxygens (including phenoxy) is 1. The van der Waals surface area contributed by atoms with Crippen LogP contribution in [0.5, 0.6) is 0 Å². The molecule has 0 aromatic heterocycles. The standard InChI is InChI=1S/C11H10BrF2NO2/c12-6-1-2-7(13)9(10(6)14)11(16)8-5-15-3-4-17-8/h1-2,8,15H,3-5H2. The van der Waals surface area contributed by atoms with Gasteiger partial charge in [0, 0.05) is 13.1 Å². The highest BCUT2D eigenvalue weighted by atomic mass is 79.9. The summed E-state index contributed by atoms with van der Waals surface area (Å²) in [5.74, 6) is -2.43. The van der Waals surface area contributed by atoms with Gasteiger partial charge in [-0.1, -0.05) is 0 Å². The lowest BCUT2D eigenvalue weighted by Crippen LogP contribution is -2.43. The molecule has 92 valence electrons. The molecular formula is C11H10BrF2NO2. The van der Waals surface area contributed by atoms with Crippen molar-refractivity contribution < 1.29 is 18.3 Å². The van der Waals surface area contributed by atoms with Crippen LogP contribution in [-0.2, 0) is 4.74 Å². The minimum Gasteiger partial charge on any atom is -0.367 e. The van der Waals surface area contributed by atoms with Crippen molar-refractivity contribution in [3.8, 4) is 0 Å². The summed E-state index contributed by atoms with van der Waals surface area (Å²) >= 11 is 2.92. The average molecular weight is 306 g/mol. The quantitative estimate of drug-likeness (QED) is 0.670. The van der Waals surface area contributed by atoms with E-state index < -0.39 is 29.1 Å². The monoisotopic (exact) mass is 305 g/mol. The highest BCUT2D eigenvalue weighted by Crippen LogP contribution is 2.23. The highest BCUT2D eigenvalue weighted by molar-refractivity contribution is 9.10. The number of benzene rings is 1. The highest BCUT2D eigenvalue weighted by Gasteiger charge is 2.28. The summed E-state index contributed by atoms with van der Waals surface area (Å²) in [7, 11) is 0. The molecule has 1 aromatic rings. The zero-order chi connectivity index (χ0) is 12.4. The van der Waals surface area contributed by atoms with Gasteiger partial charge in [0.25, 0.3) is 0 Å². The first-order valence-electron chi connectivity index (χ1n) is 5.11. The Bertz CT molecular complexity index is 447. The maximum atomic E-state index is 13.7. The van der Waals surface area contributed by atoms with E-state index in [1.807, 2.05) is 0 Å². The molecule has 1 unspecified atom stereocenters. The molecule has 0 aliphatic carbocycles. The number of rotatable bonds is 2. The molecule has 6 heteroatoms. The molecule has 3 nitrogen and oxygen atoms in total. The lowest BCUT2D eigenvalue weighted by molar-refractivity contribution is 0.0263. The van der Waals surface area contributed by atoms with Crippen LogP contribution in [0, 0.1) is 11.6 Å². The molecule has 0 bridgehead atoms. The second-order valence-electron chi connectivity index (χ2n) is 3.65. The van der Waals surface area contributed by atoms with Crippen LogP contribution in [0.1, 0.15) is 10.4 Å². The summed E-state index contributed by atoms with van der Waals surface area (Å²) in [6.07, 6.45) is -0.831. The SMILES string of the molecule is O=C(c1c(F)ccc(Br)c1F)C1CNCCO1. The molecule has 1 aliphatic rings. The molecule has 1 aliphatic heterocycles. The molecular weight excluding hydrogens is 296 g/mol. The van der Waals surface area contributed by atoms with Gasteiger partial charge in [-0.25, -0.2) is 8.78 Å². The van der Waals surface area contributed by atoms with Crippen LogP contribution in [0.4, 0.5) is 8.78 Å². The van der Waals surface area contributed by atoms with E-state index in [1.165, 1.54) is 6.07 Å². The summed E-state index contributed by atoms with van der Waals surface area (Å²) in [6.45, 7) is 1.26. The van der Waals surface area contributed by atoms with Crippen LogP contribution in [0.3, 0.4) is 0 Å². The zero-order valence-corrected chi connectivity index (χ0v) is 10.4. The number of halogens is 3. The van der Waals surface area contributed by atoms with Gasteiger partial charge in [0.15, 0.2) is 11.6 Å². The van der Waals surface area contributed by atoms with Crippen molar-refractivity contribution in [1.29, 1.82) is 0 Å². The van der Waals surface area contributed by atoms with E-state index in [0.717, 1.165) is 6.07 Å². The number of Topliss-reactive ketones (excluding diaryl/α,β-unsaturated/α-hetero) is 1. The molecule has 1 N–H and O–H groups in total. The van der Waals surface area contributed by atoms with Crippen molar-refractivity contribution in [1.82, 2.24) is 5.32 Å². The Kier molecular flexibility index (Phi) is 3.86. The van der Waals surface area contributed by atoms with E-state index in [2.05, 4.69) is 21.2 Å². The maximum absolute atomic E-state index is 13.7. The van der Waals surface area contributed by atoms with Crippen molar-refractivity contribution in [3.05, 3.63) is 33.8 Å². The van der Waals surface area contributed by atoms with Crippen LogP contribution in [0.15, 0.2) is 16.6 Å². The Morgan fingerprint density at radius 1 is 1.47 bits per heavy atom. The Hall–Kier alpha value is -0.850. The minimum atomic E-state index is -0.885. The van der Waals surface area contributed by atoms with Crippen molar-refractivity contribution in [2.24, 2.45) is 0 Å². The van der Waals surface area contributed by atoms with E-state index in [-0.39, 0.29) is 11.0 Å². The van der Waals surface area contributed by atoms with Crippen LogP contribution in [0.25, 0.3) is 0 Å². The number of carbonyl (C=O) groups is 1. The van der Waals surface area contributed by atoms with Crippen molar-refractivity contribution >= 4 is 21.7 Å². The van der Waals surface area contributed by atoms with Gasteiger partial charge >= 0.3 is 0 Å². The maximum Gasteiger partial charge on any atom is 0.198 e. The topological polar surface area (TPSA) is 38.3 Å². The molecule has 0 radical (unpaired) electrons. The number of hydrogen-bond donors (Lipinski definition) is 1. The van der Waals surface area contributed by atoms with Crippen molar-refractivity contribution in [3.63, 3.8) is 0 Å². The third-order valence-corrected chi connectivity index (χ3v) is 3.12. The summed E-state index contributed by atoms with van der Waals surface area (Å²) in [6, 6.07) is 2.28. The molecule has 17 heavy (non-hydrogen) atoms. The molecule has 1 aromatic carbocycles. The Labute approximate surface area is 105 Å². The fourth-order valence-corrected chi connectivity index (χ4v) is 1.98. The predicted octanol–water partition coefficient (Wildman–Crippen LogP) is 1.90. The number of carbonyl (C=O) groups excluding carboxylic acids is 1. The Balaban J connectivity index is 2.32. The van der Waals surface area contributed by atoms with Crippen LogP contribution in [0.2, 0.25) is 0 Å². The van der Waals surface area contributed by atoms with Crippen LogP contribution in [-0.4, -0.2) is 31.6 Å². The summed E-state index contributed by atoms with van der Waals surface area (Å²) in [5, 5.41) is 2.94. The Morgan fingerprint density at radius 2 is 2.24 bits per heavy atom. The van der Waals surface area contributed by atoms with E-state index >= 15 is 0 Å². The average Bonchev–Trinajstić information content (AvgIpc) is 2.35. The molecule has 1 heterocycles. The Morgan fingerprint density at radius 3 is 2.88 bits per heavy atom. The molecule has 0 spiro atoms.